The third kappa shape index (κ3) is 3.42. The monoisotopic (exact) mass is 219 g/mol. The number of nitrogens with zero attached hydrogens (tertiary/aromatic N) is 1. The van der Waals surface area contributed by atoms with E-state index in [1.54, 1.807) is 6.07 Å². The molecular weight excluding hydrogens is 206 g/mol. The van der Waals surface area contributed by atoms with Gasteiger partial charge in [0.25, 0.3) is 0 Å². The van der Waals surface area contributed by atoms with Crippen LogP contribution in [-0.4, -0.2) is 5.88 Å². The number of halogens is 1. The molecular formula is C13H14ClN. The van der Waals surface area contributed by atoms with Crippen LogP contribution in [0.1, 0.15) is 25.0 Å². The summed E-state index contributed by atoms with van der Waals surface area (Å²) in [6.45, 7) is 4.23. The number of allylic oxidation sites excluding steroid dienone is 1. The average molecular weight is 220 g/mol. The van der Waals surface area contributed by atoms with Gasteiger partial charge in [-0.2, -0.15) is 5.26 Å². The zero-order valence-corrected chi connectivity index (χ0v) is 9.75. The lowest BCUT2D eigenvalue weighted by atomic mass is 10.0. The molecule has 0 atom stereocenters. The highest BCUT2D eigenvalue weighted by Gasteiger charge is 2.01. The molecule has 0 aromatic heterocycles. The van der Waals surface area contributed by atoms with E-state index in [2.05, 4.69) is 26.0 Å². The van der Waals surface area contributed by atoms with E-state index in [4.69, 9.17) is 16.9 Å². The summed E-state index contributed by atoms with van der Waals surface area (Å²) in [7, 11) is 0. The molecule has 78 valence electrons. The van der Waals surface area contributed by atoms with Gasteiger partial charge in [0.1, 0.15) is 0 Å². The second-order valence-electron chi connectivity index (χ2n) is 3.74. The van der Waals surface area contributed by atoms with Crippen LogP contribution in [-0.2, 0) is 0 Å². The van der Waals surface area contributed by atoms with Crippen LogP contribution >= 0.6 is 11.6 Å². The highest BCUT2D eigenvalue weighted by molar-refractivity contribution is 6.19. The molecule has 0 amide bonds. The van der Waals surface area contributed by atoms with Gasteiger partial charge < -0.3 is 0 Å². The Kier molecular flexibility index (Phi) is 4.39. The smallest absolute Gasteiger partial charge is 0.0991 e. The molecule has 2 heteroatoms. The molecule has 0 saturated carbocycles. The topological polar surface area (TPSA) is 23.8 Å². The Morgan fingerprint density at radius 2 is 2.27 bits per heavy atom. The van der Waals surface area contributed by atoms with Crippen molar-refractivity contribution >= 4 is 17.7 Å². The Hall–Kier alpha value is -1.26. The van der Waals surface area contributed by atoms with Gasteiger partial charge >= 0.3 is 0 Å². The number of rotatable bonds is 3. The van der Waals surface area contributed by atoms with Crippen molar-refractivity contribution in [2.24, 2.45) is 5.92 Å². The molecule has 0 saturated heterocycles. The summed E-state index contributed by atoms with van der Waals surface area (Å²) in [5.74, 6) is 0.974. The predicted molar refractivity (Wildman–Crippen MR) is 64.7 cm³/mol. The van der Waals surface area contributed by atoms with Crippen LogP contribution in [0.2, 0.25) is 0 Å². The largest absolute Gasteiger partial charge is 0.192 e. The molecule has 0 N–H and O–H groups in total. The molecule has 1 aromatic carbocycles. The fourth-order valence-corrected chi connectivity index (χ4v) is 1.66. The maximum Gasteiger partial charge on any atom is 0.0991 e. The third-order valence-corrected chi connectivity index (χ3v) is 2.57. The minimum absolute atomic E-state index is 0.438. The first-order valence-corrected chi connectivity index (χ1v) is 5.47. The van der Waals surface area contributed by atoms with Gasteiger partial charge in [-0.1, -0.05) is 37.6 Å². The second kappa shape index (κ2) is 5.58. The summed E-state index contributed by atoms with van der Waals surface area (Å²) in [5, 5.41) is 8.77. The number of hydrogen-bond donors (Lipinski definition) is 0. The first-order chi connectivity index (χ1) is 7.17. The van der Waals surface area contributed by atoms with Crippen molar-refractivity contribution in [2.75, 3.05) is 5.88 Å². The molecule has 1 nitrogen and oxygen atoms in total. The van der Waals surface area contributed by atoms with Crippen molar-refractivity contribution in [3.8, 4) is 6.07 Å². The van der Waals surface area contributed by atoms with Gasteiger partial charge in [0.15, 0.2) is 0 Å². The molecule has 1 rings (SSSR count). The molecule has 0 heterocycles. The van der Waals surface area contributed by atoms with Crippen LogP contribution in [0.15, 0.2) is 29.8 Å². The molecule has 0 fully saturated rings. The van der Waals surface area contributed by atoms with Gasteiger partial charge in [-0.15, -0.1) is 11.6 Å². The standard InChI is InChI=1S/C13H14ClN/c1-10(2)13(8-14)7-11-4-3-5-12(6-11)9-15/h3-7,10H,8H2,1-2H3/b13-7+. The van der Waals surface area contributed by atoms with E-state index in [1.807, 2.05) is 18.2 Å². The third-order valence-electron chi connectivity index (χ3n) is 2.26. The lowest BCUT2D eigenvalue weighted by Gasteiger charge is -2.07. The number of hydrogen-bond acceptors (Lipinski definition) is 1. The van der Waals surface area contributed by atoms with Crippen LogP contribution in [0.4, 0.5) is 0 Å². The van der Waals surface area contributed by atoms with Crippen molar-refractivity contribution in [2.45, 2.75) is 13.8 Å². The van der Waals surface area contributed by atoms with Crippen LogP contribution in [0.3, 0.4) is 0 Å². The molecule has 0 aliphatic heterocycles. The van der Waals surface area contributed by atoms with E-state index < -0.39 is 0 Å². The fourth-order valence-electron chi connectivity index (χ4n) is 1.27. The predicted octanol–water partition coefficient (Wildman–Crippen LogP) is 3.84. The molecule has 1 aromatic rings. The van der Waals surface area contributed by atoms with Crippen molar-refractivity contribution in [1.29, 1.82) is 5.26 Å². The Balaban J connectivity index is 3.02. The maximum atomic E-state index is 8.77. The van der Waals surface area contributed by atoms with E-state index in [0.717, 1.165) is 5.56 Å². The van der Waals surface area contributed by atoms with Crippen LogP contribution < -0.4 is 0 Å². The highest BCUT2D eigenvalue weighted by Crippen LogP contribution is 2.16. The molecule has 0 aliphatic carbocycles. The van der Waals surface area contributed by atoms with Gasteiger partial charge in [0, 0.05) is 5.88 Å². The fraction of sp³-hybridized carbons (Fsp3) is 0.308. The van der Waals surface area contributed by atoms with Gasteiger partial charge in [0.05, 0.1) is 11.6 Å². The minimum atomic E-state index is 0.438. The van der Waals surface area contributed by atoms with Crippen molar-refractivity contribution in [3.05, 3.63) is 41.0 Å². The molecule has 0 bridgehead atoms. The number of alkyl halides is 1. The van der Waals surface area contributed by atoms with E-state index in [9.17, 15) is 0 Å². The average Bonchev–Trinajstić information content (AvgIpc) is 2.25. The van der Waals surface area contributed by atoms with Gasteiger partial charge in [0.2, 0.25) is 0 Å². The Bertz CT molecular complexity index is 399. The Labute approximate surface area is 96.0 Å². The lowest BCUT2D eigenvalue weighted by Crippen LogP contribution is -1.95. The maximum absolute atomic E-state index is 8.77. The van der Waals surface area contributed by atoms with Crippen molar-refractivity contribution in [3.63, 3.8) is 0 Å². The first kappa shape index (κ1) is 11.8. The minimum Gasteiger partial charge on any atom is -0.192 e. The summed E-state index contributed by atoms with van der Waals surface area (Å²) in [5.41, 5.74) is 2.91. The zero-order valence-electron chi connectivity index (χ0n) is 9.00. The first-order valence-electron chi connectivity index (χ1n) is 4.94. The zero-order chi connectivity index (χ0) is 11.3. The molecule has 0 radical (unpaired) electrons. The van der Waals surface area contributed by atoms with E-state index in [1.165, 1.54) is 5.57 Å². The van der Waals surface area contributed by atoms with Crippen LogP contribution in [0.25, 0.3) is 6.08 Å². The van der Waals surface area contributed by atoms with E-state index in [-0.39, 0.29) is 0 Å². The SMILES string of the molecule is CC(C)/C(=C/c1cccc(C#N)c1)CCl. The summed E-state index contributed by atoms with van der Waals surface area (Å²) in [6, 6.07) is 9.66. The molecule has 15 heavy (non-hydrogen) atoms. The van der Waals surface area contributed by atoms with E-state index >= 15 is 0 Å². The van der Waals surface area contributed by atoms with Gasteiger partial charge in [-0.3, -0.25) is 0 Å². The normalized spacial score (nSPS) is 11.5. The number of nitriles is 1. The molecule has 0 aliphatic rings. The van der Waals surface area contributed by atoms with Gasteiger partial charge in [-0.05, 0) is 23.6 Å². The highest BCUT2D eigenvalue weighted by atomic mass is 35.5. The van der Waals surface area contributed by atoms with E-state index in [0.29, 0.717) is 17.4 Å². The summed E-state index contributed by atoms with van der Waals surface area (Å²) in [4.78, 5) is 0. The Morgan fingerprint density at radius 3 is 2.80 bits per heavy atom. The van der Waals surface area contributed by atoms with Gasteiger partial charge in [-0.25, -0.2) is 0 Å². The summed E-state index contributed by atoms with van der Waals surface area (Å²) < 4.78 is 0. The summed E-state index contributed by atoms with van der Waals surface area (Å²) >= 11 is 5.85. The molecule has 0 unspecified atom stereocenters. The lowest BCUT2D eigenvalue weighted by molar-refractivity contribution is 0.778. The molecule has 0 spiro atoms. The van der Waals surface area contributed by atoms with Crippen LogP contribution in [0, 0.1) is 17.2 Å². The van der Waals surface area contributed by atoms with Crippen molar-refractivity contribution in [1.82, 2.24) is 0 Å². The quantitative estimate of drug-likeness (QED) is 0.709. The Morgan fingerprint density at radius 1 is 1.53 bits per heavy atom. The van der Waals surface area contributed by atoms with Crippen LogP contribution in [0.5, 0.6) is 0 Å². The number of benzene rings is 1. The van der Waals surface area contributed by atoms with Crippen molar-refractivity contribution < 1.29 is 0 Å². The summed E-state index contributed by atoms with van der Waals surface area (Å²) in [6.07, 6.45) is 2.05. The second-order valence-corrected chi connectivity index (χ2v) is 4.01.